The van der Waals surface area contributed by atoms with Gasteiger partial charge in [-0.05, 0) is 52.3 Å². The summed E-state index contributed by atoms with van der Waals surface area (Å²) in [6, 6.07) is 13.6. The van der Waals surface area contributed by atoms with Gasteiger partial charge in [0.15, 0.2) is 6.54 Å². The van der Waals surface area contributed by atoms with Crippen molar-refractivity contribution in [1.29, 1.82) is 0 Å². The number of anilines is 1. The minimum Gasteiger partial charge on any atom is -0.325 e. The molecule has 27 heavy (non-hydrogen) atoms. The van der Waals surface area contributed by atoms with Crippen molar-refractivity contribution < 1.29 is 18.1 Å². The summed E-state index contributed by atoms with van der Waals surface area (Å²) in [4.78, 5) is 13.6. The number of amides is 1. The maximum absolute atomic E-state index is 12.7. The van der Waals surface area contributed by atoms with Crippen molar-refractivity contribution >= 4 is 49.1 Å². The van der Waals surface area contributed by atoms with Gasteiger partial charge in [0, 0.05) is 9.50 Å². The van der Waals surface area contributed by atoms with Crippen LogP contribution in [0.1, 0.15) is 0 Å². The Labute approximate surface area is 172 Å². The molecule has 0 bridgehead atoms. The van der Waals surface area contributed by atoms with E-state index in [1.54, 1.807) is 12.1 Å². The fourth-order valence-electron chi connectivity index (χ4n) is 2.96. The van der Waals surface area contributed by atoms with E-state index in [4.69, 9.17) is 11.6 Å². The second-order valence-corrected chi connectivity index (χ2v) is 9.54. The second kappa shape index (κ2) is 8.70. The molecule has 1 saturated heterocycles. The molecule has 1 aliphatic heterocycles. The standard InChI is InChI=1S/C18H19BrClN3O3S/c19-16-3-1-2-4-17(16)21-18(24)13-22-9-11-23(12-10-22)27(25,26)15-7-5-14(20)6-8-15/h1-8H,9-13H2,(H,21,24)/p+1. The molecule has 0 aliphatic carbocycles. The smallest absolute Gasteiger partial charge is 0.279 e. The average Bonchev–Trinajstić information content (AvgIpc) is 2.64. The molecule has 1 fully saturated rings. The minimum absolute atomic E-state index is 0.0918. The van der Waals surface area contributed by atoms with Gasteiger partial charge < -0.3 is 10.2 Å². The zero-order valence-electron chi connectivity index (χ0n) is 14.5. The molecule has 0 radical (unpaired) electrons. The molecule has 1 aliphatic rings. The summed E-state index contributed by atoms with van der Waals surface area (Å²) < 4.78 is 27.7. The van der Waals surface area contributed by atoms with E-state index in [2.05, 4.69) is 21.2 Å². The molecule has 0 unspecified atom stereocenters. The van der Waals surface area contributed by atoms with Crippen LogP contribution in [0.2, 0.25) is 5.02 Å². The first-order chi connectivity index (χ1) is 12.9. The largest absolute Gasteiger partial charge is 0.325 e. The lowest BCUT2D eigenvalue weighted by Crippen LogP contribution is -3.15. The Bertz CT molecular complexity index is 914. The third kappa shape index (κ3) is 5.08. The molecule has 2 aromatic carbocycles. The molecule has 1 amide bonds. The molecular weight excluding hydrogens is 454 g/mol. The number of hydrogen-bond acceptors (Lipinski definition) is 3. The summed E-state index contributed by atoms with van der Waals surface area (Å²) in [6.45, 7) is 2.22. The first-order valence-electron chi connectivity index (χ1n) is 8.50. The number of para-hydroxylation sites is 1. The topological polar surface area (TPSA) is 70.9 Å². The van der Waals surface area contributed by atoms with Gasteiger partial charge in [-0.15, -0.1) is 0 Å². The second-order valence-electron chi connectivity index (χ2n) is 6.31. The number of rotatable bonds is 5. The number of sulfonamides is 1. The van der Waals surface area contributed by atoms with E-state index in [0.29, 0.717) is 37.7 Å². The van der Waals surface area contributed by atoms with Crippen LogP contribution < -0.4 is 10.2 Å². The normalized spacial score (nSPS) is 16.2. The van der Waals surface area contributed by atoms with Crippen LogP contribution in [0, 0.1) is 0 Å². The minimum atomic E-state index is -3.53. The number of carbonyl (C=O) groups is 1. The molecule has 0 spiro atoms. The lowest BCUT2D eigenvalue weighted by atomic mass is 10.3. The lowest BCUT2D eigenvalue weighted by molar-refractivity contribution is -0.895. The molecule has 0 atom stereocenters. The predicted molar refractivity (Wildman–Crippen MR) is 109 cm³/mol. The van der Waals surface area contributed by atoms with Crippen LogP contribution in [0.3, 0.4) is 0 Å². The third-order valence-corrected chi connectivity index (χ3v) is 7.30. The number of nitrogens with zero attached hydrogens (tertiary/aromatic N) is 1. The molecule has 0 saturated carbocycles. The van der Waals surface area contributed by atoms with Gasteiger partial charge in [-0.1, -0.05) is 23.7 Å². The summed E-state index contributed by atoms with van der Waals surface area (Å²) in [5, 5.41) is 3.38. The number of piperazine rings is 1. The molecular formula is C18H20BrClN3O3S+. The highest BCUT2D eigenvalue weighted by Gasteiger charge is 2.31. The van der Waals surface area contributed by atoms with Crippen LogP contribution in [0.15, 0.2) is 57.9 Å². The van der Waals surface area contributed by atoms with Gasteiger partial charge in [0.05, 0.1) is 36.8 Å². The average molecular weight is 474 g/mol. The van der Waals surface area contributed by atoms with Crippen LogP contribution in [-0.4, -0.2) is 51.4 Å². The maximum atomic E-state index is 12.7. The van der Waals surface area contributed by atoms with Crippen LogP contribution in [-0.2, 0) is 14.8 Å². The van der Waals surface area contributed by atoms with Crippen molar-refractivity contribution in [3.8, 4) is 0 Å². The summed E-state index contributed by atoms with van der Waals surface area (Å²) in [7, 11) is -3.53. The summed E-state index contributed by atoms with van der Waals surface area (Å²) in [5.74, 6) is -0.0918. The Morgan fingerprint density at radius 3 is 2.37 bits per heavy atom. The summed E-state index contributed by atoms with van der Waals surface area (Å²) >= 11 is 9.23. The maximum Gasteiger partial charge on any atom is 0.279 e. The molecule has 144 valence electrons. The van der Waals surface area contributed by atoms with Crippen LogP contribution in [0.5, 0.6) is 0 Å². The highest BCUT2D eigenvalue weighted by Crippen LogP contribution is 2.21. The van der Waals surface area contributed by atoms with Gasteiger partial charge in [0.2, 0.25) is 10.0 Å². The lowest BCUT2D eigenvalue weighted by Gasteiger charge is -2.31. The van der Waals surface area contributed by atoms with Gasteiger partial charge in [-0.25, -0.2) is 8.42 Å². The molecule has 0 aromatic heterocycles. The van der Waals surface area contributed by atoms with Gasteiger partial charge in [0.25, 0.3) is 5.91 Å². The zero-order valence-corrected chi connectivity index (χ0v) is 17.6. The van der Waals surface area contributed by atoms with Crippen molar-refractivity contribution in [2.24, 2.45) is 0 Å². The number of nitrogens with one attached hydrogen (secondary N) is 2. The number of benzene rings is 2. The number of hydrogen-bond donors (Lipinski definition) is 2. The zero-order chi connectivity index (χ0) is 19.4. The Morgan fingerprint density at radius 1 is 1.11 bits per heavy atom. The first kappa shape index (κ1) is 20.3. The van der Waals surface area contributed by atoms with Gasteiger partial charge in [0.1, 0.15) is 0 Å². The number of quaternary nitrogens is 1. The van der Waals surface area contributed by atoms with E-state index in [1.807, 2.05) is 24.3 Å². The van der Waals surface area contributed by atoms with E-state index in [9.17, 15) is 13.2 Å². The quantitative estimate of drug-likeness (QED) is 0.693. The van der Waals surface area contributed by atoms with Crippen LogP contribution in [0.4, 0.5) is 5.69 Å². The van der Waals surface area contributed by atoms with E-state index >= 15 is 0 Å². The van der Waals surface area contributed by atoms with E-state index in [0.717, 1.165) is 15.1 Å². The molecule has 6 nitrogen and oxygen atoms in total. The molecule has 9 heteroatoms. The SMILES string of the molecule is O=C(C[NH+]1CCN(S(=O)(=O)c2ccc(Cl)cc2)CC1)Nc1ccccc1Br. The fourth-order valence-corrected chi connectivity index (χ4v) is 4.91. The van der Waals surface area contributed by atoms with E-state index in [-0.39, 0.29) is 10.8 Å². The van der Waals surface area contributed by atoms with Gasteiger partial charge in [-0.2, -0.15) is 4.31 Å². The fraction of sp³-hybridized carbons (Fsp3) is 0.278. The predicted octanol–water partition coefficient (Wildman–Crippen LogP) is 1.63. The Balaban J connectivity index is 1.55. The van der Waals surface area contributed by atoms with Crippen molar-refractivity contribution in [3.63, 3.8) is 0 Å². The van der Waals surface area contributed by atoms with E-state index < -0.39 is 10.0 Å². The highest BCUT2D eigenvalue weighted by atomic mass is 79.9. The summed E-state index contributed by atoms with van der Waals surface area (Å²) in [6.07, 6.45) is 0. The number of halogens is 2. The highest BCUT2D eigenvalue weighted by molar-refractivity contribution is 9.10. The monoisotopic (exact) mass is 472 g/mol. The molecule has 2 N–H and O–H groups in total. The van der Waals surface area contributed by atoms with Crippen molar-refractivity contribution in [2.75, 3.05) is 38.0 Å². The summed E-state index contributed by atoms with van der Waals surface area (Å²) in [5.41, 5.74) is 0.728. The third-order valence-electron chi connectivity index (χ3n) is 4.44. The Kier molecular flexibility index (Phi) is 6.54. The Morgan fingerprint density at radius 2 is 1.74 bits per heavy atom. The van der Waals surface area contributed by atoms with Crippen molar-refractivity contribution in [1.82, 2.24) is 4.31 Å². The van der Waals surface area contributed by atoms with Gasteiger partial charge in [-0.3, -0.25) is 4.79 Å². The van der Waals surface area contributed by atoms with Crippen LogP contribution in [0.25, 0.3) is 0 Å². The van der Waals surface area contributed by atoms with Gasteiger partial charge >= 0.3 is 0 Å². The van der Waals surface area contributed by atoms with E-state index in [1.165, 1.54) is 16.4 Å². The molecule has 3 rings (SSSR count). The molecule has 2 aromatic rings. The molecule has 1 heterocycles. The van der Waals surface area contributed by atoms with Crippen molar-refractivity contribution in [3.05, 3.63) is 58.0 Å². The number of carbonyl (C=O) groups excluding carboxylic acids is 1. The first-order valence-corrected chi connectivity index (χ1v) is 11.1. The van der Waals surface area contributed by atoms with Crippen LogP contribution >= 0.6 is 27.5 Å². The van der Waals surface area contributed by atoms with Crippen molar-refractivity contribution in [2.45, 2.75) is 4.90 Å². The Hall–Kier alpha value is -1.45.